The van der Waals surface area contributed by atoms with E-state index in [1.807, 2.05) is 0 Å². The number of carbonyl (C=O) groups excluding carboxylic acids is 3. The van der Waals surface area contributed by atoms with Crippen LogP contribution in [0.3, 0.4) is 0 Å². The fourth-order valence-electron chi connectivity index (χ4n) is 9.14. The average Bonchev–Trinajstić information content (AvgIpc) is 3.39. The molecule has 0 aromatic heterocycles. The second-order valence-corrected chi connectivity index (χ2v) is 21.0. The highest BCUT2D eigenvalue weighted by Crippen LogP contribution is 2.26. The van der Waals surface area contributed by atoms with Gasteiger partial charge in [-0.2, -0.15) is 0 Å². The largest absolute Gasteiger partial charge is 0.479 e. The monoisotopic (exact) mass is 1060 g/mol. The lowest BCUT2D eigenvalue weighted by molar-refractivity contribution is -0.301. The lowest BCUT2D eigenvalue weighted by atomic mass is 9.98. The van der Waals surface area contributed by atoms with Crippen LogP contribution in [0.4, 0.5) is 0 Å². The van der Waals surface area contributed by atoms with Gasteiger partial charge in [0.1, 0.15) is 18.8 Å². The Kier molecular flexibility index (Phi) is 47.8. The van der Waals surface area contributed by atoms with Crippen molar-refractivity contribution in [2.75, 3.05) is 13.2 Å². The first kappa shape index (κ1) is 69.7. The number of aliphatic hydroxyl groups excluding tert-OH is 2. The first-order valence-electron chi connectivity index (χ1n) is 30.6. The normalized spacial score (nSPS) is 18.4. The number of hydrogen-bond acceptors (Lipinski definition) is 11. The minimum atomic E-state index is -1.91. The zero-order chi connectivity index (χ0) is 54.7. The van der Waals surface area contributed by atoms with Gasteiger partial charge in [-0.15, -0.1) is 0 Å². The Labute approximate surface area is 456 Å². The van der Waals surface area contributed by atoms with Crippen LogP contribution in [-0.2, 0) is 42.9 Å². The number of ether oxygens (including phenoxy) is 5. The van der Waals surface area contributed by atoms with Crippen LogP contribution in [-0.4, -0.2) is 89.2 Å². The number of rotatable bonds is 52. The fraction of sp³-hybridized carbons (Fsp3) is 0.810. The standard InChI is InChI=1S/C63H110O12/c1-4-7-10-13-16-19-22-25-27-28-30-32-34-37-40-43-46-49-55(64)71-52-54(73-56(65)50-47-44-41-38-36-33-29-26-23-20-17-14-11-8-5-2)53-72-63-61(59(68)58(67)60(75-63)62(69)70)74-57(66)51-48-45-42-39-35-31-24-21-18-15-12-9-6-3/h12,15-16,19,21,24-25,27,54,58-61,63,67-68H,4-11,13-14,17-18,20,22-23,26,28-53H2,1-3H3,(H,69,70)/b15-12-,19-16-,24-21-,27-25-. The van der Waals surface area contributed by atoms with Crippen molar-refractivity contribution < 1.29 is 58.2 Å². The topological polar surface area (TPSA) is 175 Å². The summed E-state index contributed by atoms with van der Waals surface area (Å²) in [7, 11) is 0. The number of aliphatic hydroxyl groups is 2. The molecule has 75 heavy (non-hydrogen) atoms. The molecule has 0 aliphatic carbocycles. The first-order chi connectivity index (χ1) is 36.6. The van der Waals surface area contributed by atoms with E-state index in [9.17, 15) is 34.5 Å². The predicted molar refractivity (Wildman–Crippen MR) is 303 cm³/mol. The van der Waals surface area contributed by atoms with E-state index >= 15 is 0 Å². The summed E-state index contributed by atoms with van der Waals surface area (Å²) in [6.07, 6.45) is 49.3. The van der Waals surface area contributed by atoms with Crippen molar-refractivity contribution in [1.82, 2.24) is 0 Å². The van der Waals surface area contributed by atoms with Gasteiger partial charge in [-0.25, -0.2) is 4.79 Å². The number of esters is 3. The van der Waals surface area contributed by atoms with E-state index < -0.39 is 67.3 Å². The fourth-order valence-corrected chi connectivity index (χ4v) is 9.14. The van der Waals surface area contributed by atoms with E-state index in [2.05, 4.69) is 69.4 Å². The molecule has 0 aromatic carbocycles. The summed E-state index contributed by atoms with van der Waals surface area (Å²) in [6, 6.07) is 0. The molecular weight excluding hydrogens is 949 g/mol. The van der Waals surface area contributed by atoms with Gasteiger partial charge in [0.2, 0.25) is 0 Å². The van der Waals surface area contributed by atoms with Crippen molar-refractivity contribution in [3.05, 3.63) is 48.6 Å². The van der Waals surface area contributed by atoms with Crippen molar-refractivity contribution >= 4 is 23.9 Å². The molecule has 434 valence electrons. The van der Waals surface area contributed by atoms with Crippen LogP contribution in [0.2, 0.25) is 0 Å². The number of aliphatic carboxylic acids is 1. The maximum atomic E-state index is 13.2. The predicted octanol–water partition coefficient (Wildman–Crippen LogP) is 15.8. The number of allylic oxidation sites excluding steroid dienone is 8. The zero-order valence-electron chi connectivity index (χ0n) is 47.8. The van der Waals surface area contributed by atoms with Crippen molar-refractivity contribution in [3.8, 4) is 0 Å². The van der Waals surface area contributed by atoms with Crippen molar-refractivity contribution in [2.45, 2.75) is 314 Å². The number of carboxylic acids is 1. The summed E-state index contributed by atoms with van der Waals surface area (Å²) < 4.78 is 28.5. The molecule has 12 heteroatoms. The van der Waals surface area contributed by atoms with Gasteiger partial charge in [0.05, 0.1) is 6.61 Å². The van der Waals surface area contributed by atoms with Crippen molar-refractivity contribution in [2.24, 2.45) is 0 Å². The van der Waals surface area contributed by atoms with Gasteiger partial charge >= 0.3 is 23.9 Å². The van der Waals surface area contributed by atoms with Crippen molar-refractivity contribution in [3.63, 3.8) is 0 Å². The highest BCUT2D eigenvalue weighted by molar-refractivity contribution is 5.74. The molecule has 6 atom stereocenters. The number of hydrogen-bond donors (Lipinski definition) is 3. The molecule has 1 aliphatic heterocycles. The van der Waals surface area contributed by atoms with E-state index in [0.29, 0.717) is 19.3 Å². The van der Waals surface area contributed by atoms with Gasteiger partial charge in [0.15, 0.2) is 24.6 Å². The van der Waals surface area contributed by atoms with E-state index in [4.69, 9.17) is 23.7 Å². The minimum Gasteiger partial charge on any atom is -0.479 e. The van der Waals surface area contributed by atoms with Crippen LogP contribution < -0.4 is 0 Å². The van der Waals surface area contributed by atoms with Gasteiger partial charge in [-0.3, -0.25) is 14.4 Å². The third-order valence-electron chi connectivity index (χ3n) is 13.9. The van der Waals surface area contributed by atoms with E-state index in [-0.39, 0.29) is 25.9 Å². The third kappa shape index (κ3) is 41.5. The smallest absolute Gasteiger partial charge is 0.335 e. The number of carboxylic acid groups (broad SMARTS) is 1. The van der Waals surface area contributed by atoms with E-state index in [0.717, 1.165) is 109 Å². The maximum Gasteiger partial charge on any atom is 0.335 e. The molecule has 12 nitrogen and oxygen atoms in total. The van der Waals surface area contributed by atoms with Crippen LogP contribution in [0, 0.1) is 0 Å². The highest BCUT2D eigenvalue weighted by Gasteiger charge is 2.50. The van der Waals surface area contributed by atoms with Crippen LogP contribution in [0.15, 0.2) is 48.6 Å². The first-order valence-corrected chi connectivity index (χ1v) is 30.6. The summed E-state index contributed by atoms with van der Waals surface area (Å²) in [6.45, 7) is 5.91. The number of carbonyl (C=O) groups is 4. The molecule has 0 radical (unpaired) electrons. The molecule has 0 saturated carbocycles. The van der Waals surface area contributed by atoms with Gasteiger partial charge < -0.3 is 39.0 Å². The van der Waals surface area contributed by atoms with Crippen LogP contribution in [0.1, 0.15) is 278 Å². The van der Waals surface area contributed by atoms with Crippen molar-refractivity contribution in [1.29, 1.82) is 0 Å². The highest BCUT2D eigenvalue weighted by atomic mass is 16.7. The lowest BCUT2D eigenvalue weighted by Crippen LogP contribution is -2.61. The Morgan fingerprint density at radius 3 is 1.28 bits per heavy atom. The molecule has 0 aromatic rings. The molecule has 0 bridgehead atoms. The second-order valence-electron chi connectivity index (χ2n) is 21.0. The molecule has 1 heterocycles. The molecule has 0 amide bonds. The maximum absolute atomic E-state index is 13.2. The summed E-state index contributed by atoms with van der Waals surface area (Å²) in [4.78, 5) is 51.2. The Balaban J connectivity index is 2.68. The van der Waals surface area contributed by atoms with Gasteiger partial charge in [-0.05, 0) is 77.0 Å². The molecule has 6 unspecified atom stereocenters. The Hall–Kier alpha value is -3.32. The lowest BCUT2D eigenvalue weighted by Gasteiger charge is -2.40. The Bertz CT molecular complexity index is 1490. The zero-order valence-corrected chi connectivity index (χ0v) is 47.8. The SMILES string of the molecule is CCC/C=C\C/C=C\CCCCCCCC(=O)OC1C(OCC(COC(=O)CCCCCCCCC/C=C\C/C=C\CCCCC)OC(=O)CCCCCCCCCCCCCCCCC)OC(C(=O)O)C(O)C1O. The second kappa shape index (κ2) is 51.4. The van der Waals surface area contributed by atoms with Crippen LogP contribution in [0.5, 0.6) is 0 Å². The number of unbranched alkanes of at least 4 members (excludes halogenated alkanes) is 30. The molecule has 1 fully saturated rings. The molecule has 0 spiro atoms. The molecule has 3 N–H and O–H groups in total. The van der Waals surface area contributed by atoms with Crippen LogP contribution >= 0.6 is 0 Å². The quantitative estimate of drug-likeness (QED) is 0.0228. The summed E-state index contributed by atoms with van der Waals surface area (Å²) in [5.74, 6) is -3.13. The molecule has 1 saturated heterocycles. The van der Waals surface area contributed by atoms with E-state index in [1.54, 1.807) is 0 Å². The molecular formula is C63H110O12. The summed E-state index contributed by atoms with van der Waals surface area (Å²) >= 11 is 0. The van der Waals surface area contributed by atoms with Gasteiger partial charge in [0.25, 0.3) is 0 Å². The van der Waals surface area contributed by atoms with Gasteiger partial charge in [-0.1, -0.05) is 230 Å². The third-order valence-corrected chi connectivity index (χ3v) is 13.9. The summed E-state index contributed by atoms with van der Waals surface area (Å²) in [5, 5.41) is 31.5. The van der Waals surface area contributed by atoms with E-state index in [1.165, 1.54) is 109 Å². The molecule has 1 aliphatic rings. The Morgan fingerprint density at radius 2 is 0.827 bits per heavy atom. The minimum absolute atomic E-state index is 0.0451. The molecule has 1 rings (SSSR count). The summed E-state index contributed by atoms with van der Waals surface area (Å²) in [5.41, 5.74) is 0. The average molecular weight is 1060 g/mol. The Morgan fingerprint density at radius 1 is 0.440 bits per heavy atom. The van der Waals surface area contributed by atoms with Gasteiger partial charge in [0, 0.05) is 19.3 Å². The van der Waals surface area contributed by atoms with Crippen LogP contribution in [0.25, 0.3) is 0 Å².